The summed E-state index contributed by atoms with van der Waals surface area (Å²) in [6.45, 7) is 4.07. The predicted octanol–water partition coefficient (Wildman–Crippen LogP) is 2.29. The van der Waals surface area contributed by atoms with Gasteiger partial charge in [0.15, 0.2) is 0 Å². The van der Waals surface area contributed by atoms with Crippen molar-refractivity contribution in [2.24, 2.45) is 0 Å². The average Bonchev–Trinajstić information content (AvgIpc) is 3.00. The van der Waals surface area contributed by atoms with Crippen molar-refractivity contribution >= 4 is 21.4 Å². The van der Waals surface area contributed by atoms with Crippen LogP contribution < -0.4 is 9.62 Å². The number of benzene rings is 2. The molecule has 0 aliphatic carbocycles. The van der Waals surface area contributed by atoms with Gasteiger partial charge in [0.05, 0.1) is 9.82 Å². The van der Waals surface area contributed by atoms with Crippen LogP contribution >= 0.6 is 0 Å². The summed E-state index contributed by atoms with van der Waals surface area (Å²) in [5.74, 6) is -0.272. The summed E-state index contributed by atoms with van der Waals surface area (Å²) in [5.41, 5.74) is 1.19. The van der Waals surface area contributed by atoms with Crippen LogP contribution in [-0.4, -0.2) is 76.5 Å². The molecule has 0 spiro atoms. The molecule has 0 unspecified atom stereocenters. The minimum Gasteiger partial charge on any atom is -0.365 e. The third-order valence-corrected chi connectivity index (χ3v) is 7.01. The number of nitrogens with one attached hydrogen (secondary N) is 1. The summed E-state index contributed by atoms with van der Waals surface area (Å²) in [6.07, 6.45) is 0.796. The standard InChI is InChI=1S/C22H30FN5O4S/c1-25(2)13-10-24-33(31,32)20-8-9-21(22(16-20)28(29)30)27-12-3-11-26(14-15-27)17-18-4-6-19(23)7-5-18/h4-9,16,24H,3,10-15,17H2,1-2H3. The van der Waals surface area contributed by atoms with Crippen LogP contribution in [0.1, 0.15) is 12.0 Å². The van der Waals surface area contributed by atoms with Gasteiger partial charge in [-0.25, -0.2) is 17.5 Å². The number of sulfonamides is 1. The lowest BCUT2D eigenvalue weighted by molar-refractivity contribution is -0.384. The Hall–Kier alpha value is -2.60. The highest BCUT2D eigenvalue weighted by atomic mass is 32.2. The average molecular weight is 480 g/mol. The van der Waals surface area contributed by atoms with Gasteiger partial charge in [0.25, 0.3) is 5.69 Å². The van der Waals surface area contributed by atoms with Gasteiger partial charge in [-0.1, -0.05) is 12.1 Å². The summed E-state index contributed by atoms with van der Waals surface area (Å²) in [4.78, 5) is 17.1. The molecule has 2 aromatic rings. The minimum absolute atomic E-state index is 0.121. The first-order valence-corrected chi connectivity index (χ1v) is 12.3. The van der Waals surface area contributed by atoms with Gasteiger partial charge in [-0.3, -0.25) is 15.0 Å². The largest absolute Gasteiger partial charge is 0.365 e. The number of nitro benzene ring substituents is 1. The second-order valence-electron chi connectivity index (χ2n) is 8.35. The molecule has 180 valence electrons. The van der Waals surface area contributed by atoms with Gasteiger partial charge in [-0.15, -0.1) is 0 Å². The third kappa shape index (κ3) is 6.94. The third-order valence-electron chi connectivity index (χ3n) is 5.55. The van der Waals surface area contributed by atoms with Gasteiger partial charge in [-0.2, -0.15) is 0 Å². The maximum Gasteiger partial charge on any atom is 0.293 e. The van der Waals surface area contributed by atoms with Crippen LogP contribution in [0.25, 0.3) is 0 Å². The normalized spacial score (nSPS) is 15.6. The number of nitrogens with zero attached hydrogens (tertiary/aromatic N) is 4. The van der Waals surface area contributed by atoms with E-state index in [1.54, 1.807) is 12.1 Å². The molecular formula is C22H30FN5O4S. The van der Waals surface area contributed by atoms with Crippen LogP contribution in [0.4, 0.5) is 15.8 Å². The lowest BCUT2D eigenvalue weighted by Gasteiger charge is -2.24. The summed E-state index contributed by atoms with van der Waals surface area (Å²) in [7, 11) is -0.189. The second kappa shape index (κ2) is 11.0. The summed E-state index contributed by atoms with van der Waals surface area (Å²) in [5, 5.41) is 11.8. The Morgan fingerprint density at radius 2 is 1.82 bits per heavy atom. The molecule has 0 bridgehead atoms. The molecule has 1 fully saturated rings. The molecule has 1 N–H and O–H groups in total. The maximum atomic E-state index is 13.1. The fourth-order valence-electron chi connectivity index (χ4n) is 3.79. The topological polar surface area (TPSA) is 99.0 Å². The van der Waals surface area contributed by atoms with Gasteiger partial charge < -0.3 is 9.80 Å². The van der Waals surface area contributed by atoms with Gasteiger partial charge in [-0.05, 0) is 50.3 Å². The van der Waals surface area contributed by atoms with Crippen LogP contribution in [0, 0.1) is 15.9 Å². The highest BCUT2D eigenvalue weighted by molar-refractivity contribution is 7.89. The van der Waals surface area contributed by atoms with E-state index in [9.17, 15) is 22.9 Å². The van der Waals surface area contributed by atoms with Crippen molar-refractivity contribution in [1.29, 1.82) is 0 Å². The van der Waals surface area contributed by atoms with E-state index in [1.807, 2.05) is 23.9 Å². The fourth-order valence-corrected chi connectivity index (χ4v) is 4.83. The molecule has 0 atom stereocenters. The Labute approximate surface area is 194 Å². The zero-order chi connectivity index (χ0) is 24.0. The molecule has 1 saturated heterocycles. The Kier molecular flexibility index (Phi) is 8.35. The molecular weight excluding hydrogens is 449 g/mol. The van der Waals surface area contributed by atoms with Crippen LogP contribution in [-0.2, 0) is 16.6 Å². The maximum absolute atomic E-state index is 13.1. The molecule has 2 aromatic carbocycles. The van der Waals surface area contributed by atoms with Crippen LogP contribution in [0.5, 0.6) is 0 Å². The van der Waals surface area contributed by atoms with Gasteiger partial charge >= 0.3 is 0 Å². The molecule has 3 rings (SSSR count). The zero-order valence-corrected chi connectivity index (χ0v) is 19.7. The second-order valence-corrected chi connectivity index (χ2v) is 10.1. The Morgan fingerprint density at radius 3 is 2.48 bits per heavy atom. The summed E-state index contributed by atoms with van der Waals surface area (Å²) < 4.78 is 40.8. The van der Waals surface area contributed by atoms with E-state index in [4.69, 9.17) is 0 Å². The Morgan fingerprint density at radius 1 is 1.09 bits per heavy atom. The quantitative estimate of drug-likeness (QED) is 0.435. The molecule has 11 heteroatoms. The van der Waals surface area contributed by atoms with E-state index in [0.717, 1.165) is 24.6 Å². The van der Waals surface area contributed by atoms with E-state index >= 15 is 0 Å². The zero-order valence-electron chi connectivity index (χ0n) is 18.9. The first-order valence-electron chi connectivity index (χ1n) is 10.8. The molecule has 0 saturated carbocycles. The van der Waals surface area contributed by atoms with Gasteiger partial charge in [0.1, 0.15) is 11.5 Å². The van der Waals surface area contributed by atoms with Crippen molar-refractivity contribution in [3.8, 4) is 0 Å². The van der Waals surface area contributed by atoms with Gasteiger partial charge in [0.2, 0.25) is 10.0 Å². The number of hydrogen-bond donors (Lipinski definition) is 1. The van der Waals surface area contributed by atoms with E-state index in [1.165, 1.54) is 24.3 Å². The molecule has 0 radical (unpaired) electrons. The number of halogens is 1. The predicted molar refractivity (Wildman–Crippen MR) is 125 cm³/mol. The van der Waals surface area contributed by atoms with E-state index < -0.39 is 14.9 Å². The van der Waals surface area contributed by atoms with Crippen molar-refractivity contribution in [2.45, 2.75) is 17.9 Å². The van der Waals surface area contributed by atoms with E-state index in [2.05, 4.69) is 9.62 Å². The van der Waals surface area contributed by atoms with Crippen molar-refractivity contribution in [1.82, 2.24) is 14.5 Å². The lowest BCUT2D eigenvalue weighted by Crippen LogP contribution is -2.32. The molecule has 0 amide bonds. The van der Waals surface area contributed by atoms with Crippen LogP contribution in [0.3, 0.4) is 0 Å². The van der Waals surface area contributed by atoms with Crippen molar-refractivity contribution in [3.05, 3.63) is 64.0 Å². The van der Waals surface area contributed by atoms with Crippen molar-refractivity contribution < 1.29 is 17.7 Å². The SMILES string of the molecule is CN(C)CCNS(=O)(=O)c1ccc(N2CCCN(Cc3ccc(F)cc3)CC2)c([N+](=O)[O-])c1. The molecule has 1 heterocycles. The number of likely N-dealkylation sites (N-methyl/N-ethyl adjacent to an activating group) is 1. The number of anilines is 1. The Bertz CT molecular complexity index is 1060. The number of hydrogen-bond acceptors (Lipinski definition) is 7. The van der Waals surface area contributed by atoms with Gasteiger partial charge in [0, 0.05) is 51.9 Å². The lowest BCUT2D eigenvalue weighted by atomic mass is 10.2. The van der Waals surface area contributed by atoms with E-state index in [0.29, 0.717) is 38.4 Å². The molecule has 1 aliphatic heterocycles. The van der Waals surface area contributed by atoms with E-state index in [-0.39, 0.29) is 22.9 Å². The first kappa shape index (κ1) is 25.0. The van der Waals surface area contributed by atoms with Crippen LogP contribution in [0.15, 0.2) is 47.4 Å². The molecule has 33 heavy (non-hydrogen) atoms. The molecule has 0 aromatic heterocycles. The highest BCUT2D eigenvalue weighted by Gasteiger charge is 2.26. The number of rotatable bonds is 9. The Balaban J connectivity index is 1.72. The molecule has 1 aliphatic rings. The number of nitro groups is 1. The van der Waals surface area contributed by atoms with Crippen LogP contribution in [0.2, 0.25) is 0 Å². The van der Waals surface area contributed by atoms with Crippen molar-refractivity contribution in [3.63, 3.8) is 0 Å². The highest BCUT2D eigenvalue weighted by Crippen LogP contribution is 2.31. The van der Waals surface area contributed by atoms with Crippen molar-refractivity contribution in [2.75, 3.05) is 58.3 Å². The molecule has 9 nitrogen and oxygen atoms in total. The first-order chi connectivity index (χ1) is 15.7. The smallest absolute Gasteiger partial charge is 0.293 e. The summed E-state index contributed by atoms with van der Waals surface area (Å²) in [6, 6.07) is 10.5. The summed E-state index contributed by atoms with van der Waals surface area (Å²) >= 11 is 0. The minimum atomic E-state index is -3.85. The monoisotopic (exact) mass is 479 g/mol. The fraction of sp³-hybridized carbons (Fsp3) is 0.455.